The van der Waals surface area contributed by atoms with E-state index in [0.717, 1.165) is 36.9 Å². The van der Waals surface area contributed by atoms with Crippen LogP contribution in [0.25, 0.3) is 10.8 Å². The maximum Gasteiger partial charge on any atom is 0.328 e. The van der Waals surface area contributed by atoms with Crippen molar-refractivity contribution in [3.05, 3.63) is 90.7 Å². The first-order valence-corrected chi connectivity index (χ1v) is 15.9. The average molecular weight is 740 g/mol. The monoisotopic (exact) mass is 739 g/mol. The zero-order valence-corrected chi connectivity index (χ0v) is 28.9. The number of aliphatic carboxylic acids is 6. The number of carboxylic acid groups (broad SMARTS) is 6. The SMILES string of the molecule is COc1ccccc1[NH+]1CC[NH+](CCC[NH2+]c2nnc(C)c3ccccc23)CC1.O=C([O-])/C=C/C(=O)O.O=C([O-])/C=C/C(=O)O.O=C([O-])/C=C/C(=O)O. The standard InChI is InChI=1S/C23H29N5O.3C4H4O4/c1-18-19-8-3-4-9-20(19)23(26-25-18)24-12-7-13-27-14-16-28(17-15-27)21-10-5-6-11-22(21)29-2;3*5-3(6)1-2-4(7)8/h3-6,8-11H,7,12-17H2,1-2H3,(H,24,26);3*1-2H,(H,5,6)(H,7,8)/b;3*2-1+. The maximum atomic E-state index is 9.53. The molecule has 18 nitrogen and oxygen atoms in total. The van der Waals surface area contributed by atoms with Crippen LogP contribution in [-0.4, -0.2) is 108 Å². The largest absolute Gasteiger partial charge is 0.545 e. The number of ether oxygens (including phenoxy) is 1. The molecule has 0 aliphatic carbocycles. The minimum absolute atomic E-state index is 0.447. The van der Waals surface area contributed by atoms with E-state index in [2.05, 4.69) is 58.0 Å². The minimum atomic E-state index is -1.51. The number of nitrogens with zero attached hydrogens (tertiary/aromatic N) is 2. The molecule has 1 aliphatic rings. The van der Waals surface area contributed by atoms with Crippen molar-refractivity contribution in [2.45, 2.75) is 13.3 Å². The molecule has 2 heterocycles. The second kappa shape index (κ2) is 24.6. The van der Waals surface area contributed by atoms with Gasteiger partial charge in [0.25, 0.3) is 5.82 Å². The molecule has 3 aromatic rings. The van der Waals surface area contributed by atoms with Gasteiger partial charge in [0.1, 0.15) is 26.2 Å². The molecule has 1 saturated heterocycles. The number of nitrogens with one attached hydrogen (secondary N) is 2. The number of carbonyl (C=O) groups excluding carboxylic acids is 3. The third-order valence-electron chi connectivity index (χ3n) is 7.11. The smallest absolute Gasteiger partial charge is 0.328 e. The summed E-state index contributed by atoms with van der Waals surface area (Å²) in [6, 6.07) is 16.8. The van der Waals surface area contributed by atoms with Crippen LogP contribution >= 0.6 is 0 Å². The number of carbonyl (C=O) groups is 6. The fourth-order valence-electron chi connectivity index (χ4n) is 4.78. The molecule has 4 rings (SSSR count). The summed E-state index contributed by atoms with van der Waals surface area (Å²) >= 11 is 0. The fraction of sp³-hybridized carbons (Fsp3) is 0.257. The fourth-order valence-corrected chi connectivity index (χ4v) is 4.78. The molecule has 0 radical (unpaired) electrons. The van der Waals surface area contributed by atoms with Crippen molar-refractivity contribution in [3.8, 4) is 5.75 Å². The number of para-hydroxylation sites is 2. The quantitative estimate of drug-likeness (QED) is 0.0705. The van der Waals surface area contributed by atoms with Crippen LogP contribution in [0.2, 0.25) is 0 Å². The minimum Gasteiger partial charge on any atom is -0.545 e. The number of carboxylic acids is 6. The Balaban J connectivity index is 0.000000477. The third-order valence-corrected chi connectivity index (χ3v) is 7.11. The Labute approximate surface area is 303 Å². The Morgan fingerprint density at radius 2 is 1.19 bits per heavy atom. The number of hydrogen-bond acceptors (Lipinski definition) is 12. The van der Waals surface area contributed by atoms with E-state index in [4.69, 9.17) is 20.1 Å². The predicted octanol–water partition coefficient (Wildman–Crippen LogP) is -5.22. The number of quaternary nitrogens is 3. The molecule has 284 valence electrons. The molecule has 53 heavy (non-hydrogen) atoms. The number of aromatic nitrogens is 2. The highest BCUT2D eigenvalue weighted by molar-refractivity contribution is 5.90. The Bertz CT molecular complexity index is 1660. The number of methoxy groups -OCH3 is 1. The summed E-state index contributed by atoms with van der Waals surface area (Å²) in [7, 11) is 1.76. The van der Waals surface area contributed by atoms with Gasteiger partial charge in [-0.1, -0.05) is 35.4 Å². The molecule has 18 heteroatoms. The number of fused-ring (bicyclic) bond motifs is 1. The lowest BCUT2D eigenvalue weighted by molar-refractivity contribution is -0.986. The molecular formula is C35H41N5O13. The Hall–Kier alpha value is -6.50. The van der Waals surface area contributed by atoms with Crippen LogP contribution in [0.15, 0.2) is 85.0 Å². The molecule has 1 aromatic heterocycles. The summed E-state index contributed by atoms with van der Waals surface area (Å²) < 4.78 is 5.54. The number of nitrogens with two attached hydrogens (primary N) is 1. The molecule has 7 N–H and O–H groups in total. The average Bonchev–Trinajstić information content (AvgIpc) is 3.13. The van der Waals surface area contributed by atoms with E-state index in [0.29, 0.717) is 36.5 Å². The Morgan fingerprint density at radius 3 is 1.64 bits per heavy atom. The van der Waals surface area contributed by atoms with Crippen molar-refractivity contribution < 1.29 is 79.3 Å². The van der Waals surface area contributed by atoms with Crippen molar-refractivity contribution >= 4 is 58.1 Å². The van der Waals surface area contributed by atoms with E-state index in [1.807, 2.05) is 13.0 Å². The lowest BCUT2D eigenvalue weighted by Crippen LogP contribution is -3.26. The van der Waals surface area contributed by atoms with E-state index in [1.54, 1.807) is 16.9 Å². The van der Waals surface area contributed by atoms with Gasteiger partial charge in [-0.05, 0) is 37.3 Å². The highest BCUT2D eigenvalue weighted by atomic mass is 16.5. The zero-order chi connectivity index (χ0) is 39.8. The summed E-state index contributed by atoms with van der Waals surface area (Å²) in [5.74, 6) is -6.39. The third kappa shape index (κ3) is 19.5. The number of benzene rings is 2. The molecule has 1 fully saturated rings. The van der Waals surface area contributed by atoms with E-state index in [1.165, 1.54) is 42.5 Å². The van der Waals surface area contributed by atoms with Crippen LogP contribution in [-0.2, 0) is 28.8 Å². The van der Waals surface area contributed by atoms with Crippen molar-refractivity contribution in [3.63, 3.8) is 0 Å². The molecule has 0 atom stereocenters. The van der Waals surface area contributed by atoms with Crippen molar-refractivity contribution in [1.29, 1.82) is 0 Å². The molecule has 2 aromatic carbocycles. The maximum absolute atomic E-state index is 9.53. The van der Waals surface area contributed by atoms with Crippen molar-refractivity contribution in [1.82, 2.24) is 10.2 Å². The van der Waals surface area contributed by atoms with Gasteiger partial charge in [0.05, 0.1) is 49.2 Å². The topological polar surface area (TPSA) is 293 Å². The highest BCUT2D eigenvalue weighted by Gasteiger charge is 2.26. The number of hydrogen-bond donors (Lipinski definition) is 6. The molecule has 0 bridgehead atoms. The summed E-state index contributed by atoms with van der Waals surface area (Å²) in [6.45, 7) is 9.03. The summed E-state index contributed by atoms with van der Waals surface area (Å²) in [4.78, 5) is 60.2. The molecule has 0 saturated carbocycles. The molecule has 1 aliphatic heterocycles. The van der Waals surface area contributed by atoms with Crippen LogP contribution in [0.5, 0.6) is 5.75 Å². The summed E-state index contributed by atoms with van der Waals surface area (Å²) in [5.41, 5.74) is 2.30. The van der Waals surface area contributed by atoms with Crippen molar-refractivity contribution in [2.24, 2.45) is 0 Å². The molecular weight excluding hydrogens is 698 g/mol. The van der Waals surface area contributed by atoms with E-state index >= 15 is 0 Å². The van der Waals surface area contributed by atoms with Gasteiger partial charge in [-0.2, -0.15) is 0 Å². The van der Waals surface area contributed by atoms with E-state index < -0.39 is 35.8 Å². The molecule has 0 amide bonds. The lowest BCUT2D eigenvalue weighted by Gasteiger charge is -2.29. The highest BCUT2D eigenvalue weighted by Crippen LogP contribution is 2.19. The van der Waals surface area contributed by atoms with Crippen LogP contribution in [0.1, 0.15) is 12.1 Å². The van der Waals surface area contributed by atoms with Crippen LogP contribution < -0.4 is 35.2 Å². The summed E-state index contributed by atoms with van der Waals surface area (Å²) in [6.07, 6.45) is 4.01. The van der Waals surface area contributed by atoms with Crippen LogP contribution in [0.3, 0.4) is 0 Å². The summed E-state index contributed by atoms with van der Waals surface area (Å²) in [5, 5.41) is 65.1. The Morgan fingerprint density at radius 1 is 0.717 bits per heavy atom. The second-order valence-electron chi connectivity index (χ2n) is 10.8. The van der Waals surface area contributed by atoms with Gasteiger partial charge in [0.15, 0.2) is 11.4 Å². The van der Waals surface area contributed by atoms with Gasteiger partial charge in [0, 0.05) is 36.1 Å². The molecule has 0 unspecified atom stereocenters. The Kier molecular flexibility index (Phi) is 20.7. The van der Waals surface area contributed by atoms with E-state index in [9.17, 15) is 44.1 Å². The molecule has 0 spiro atoms. The van der Waals surface area contributed by atoms with Gasteiger partial charge < -0.3 is 54.7 Å². The first kappa shape index (κ1) is 44.5. The lowest BCUT2D eigenvalue weighted by atomic mass is 10.1. The predicted molar refractivity (Wildman–Crippen MR) is 180 cm³/mol. The van der Waals surface area contributed by atoms with Gasteiger partial charge in [0.2, 0.25) is 0 Å². The number of rotatable bonds is 13. The van der Waals surface area contributed by atoms with Crippen LogP contribution in [0.4, 0.5) is 11.5 Å². The van der Waals surface area contributed by atoms with Gasteiger partial charge in [-0.3, -0.25) is 10.2 Å². The van der Waals surface area contributed by atoms with E-state index in [-0.39, 0.29) is 0 Å². The van der Waals surface area contributed by atoms with Crippen LogP contribution in [0, 0.1) is 6.92 Å². The van der Waals surface area contributed by atoms with Gasteiger partial charge in [-0.15, -0.1) is 5.10 Å². The van der Waals surface area contributed by atoms with Crippen molar-refractivity contribution in [2.75, 3.05) is 46.4 Å². The second-order valence-corrected chi connectivity index (χ2v) is 10.8. The first-order valence-electron chi connectivity index (χ1n) is 15.9. The number of piperazine rings is 1. The normalized spacial score (nSPS) is 14.9. The number of aryl methyl sites for hydroxylation is 1. The zero-order valence-electron chi connectivity index (χ0n) is 28.9. The first-order chi connectivity index (χ1) is 25.1. The van der Waals surface area contributed by atoms with Gasteiger partial charge in [-0.25, -0.2) is 14.4 Å². The van der Waals surface area contributed by atoms with Gasteiger partial charge >= 0.3 is 17.9 Å².